The molecule has 2 aromatic rings. The van der Waals surface area contributed by atoms with Gasteiger partial charge in [0.1, 0.15) is 7.05 Å². The highest BCUT2D eigenvalue weighted by Crippen LogP contribution is 2.36. The van der Waals surface area contributed by atoms with Gasteiger partial charge in [-0.05, 0) is 31.5 Å². The molecule has 0 N–H and O–H groups in total. The molecule has 0 atom stereocenters. The monoisotopic (exact) mass is 430 g/mol. The van der Waals surface area contributed by atoms with Gasteiger partial charge in [0.15, 0.2) is 17.7 Å². The Labute approximate surface area is 152 Å². The van der Waals surface area contributed by atoms with E-state index in [1.807, 2.05) is 43.9 Å². The maximum atomic E-state index is 11.1. The molecule has 23 heavy (non-hydrogen) atoms. The predicted molar refractivity (Wildman–Crippen MR) is 82.0 cm³/mol. The fourth-order valence-electron chi connectivity index (χ4n) is 2.15. The summed E-state index contributed by atoms with van der Waals surface area (Å²) in [6.07, 6.45) is 3.59. The first kappa shape index (κ1) is 19.1. The highest BCUT2D eigenvalue weighted by molar-refractivity contribution is 5.72. The van der Waals surface area contributed by atoms with Gasteiger partial charge in [0, 0.05) is 17.7 Å². The zero-order chi connectivity index (χ0) is 16.3. The molecule has 6 nitrogen and oxygen atoms in total. The molecule has 124 valence electrons. The van der Waals surface area contributed by atoms with Crippen molar-refractivity contribution in [1.29, 1.82) is 0 Å². The Morgan fingerprint density at radius 3 is 2.48 bits per heavy atom. The molecule has 1 aromatic heterocycles. The number of nitro groups is 1. The van der Waals surface area contributed by atoms with Crippen LogP contribution in [0.5, 0.6) is 11.5 Å². The van der Waals surface area contributed by atoms with Gasteiger partial charge < -0.3 is 33.5 Å². The zero-order valence-corrected chi connectivity index (χ0v) is 15.6. The van der Waals surface area contributed by atoms with Crippen molar-refractivity contribution in [3.8, 4) is 22.6 Å². The van der Waals surface area contributed by atoms with Crippen LogP contribution >= 0.6 is 0 Å². The fourth-order valence-corrected chi connectivity index (χ4v) is 2.15. The Kier molecular flexibility index (Phi) is 6.74. The maximum absolute atomic E-state index is 11.1. The molecule has 0 radical (unpaired) electrons. The van der Waals surface area contributed by atoms with Crippen molar-refractivity contribution < 1.29 is 42.9 Å². The molecular formula is C16H19IN2O4. The van der Waals surface area contributed by atoms with Crippen LogP contribution in [-0.2, 0) is 7.05 Å². The Morgan fingerprint density at radius 2 is 1.91 bits per heavy atom. The van der Waals surface area contributed by atoms with E-state index in [-0.39, 0.29) is 41.5 Å². The van der Waals surface area contributed by atoms with E-state index < -0.39 is 4.92 Å². The SMILES string of the molecule is COc1c[n+](C)ccc1-c1ccc([N+](=O)[O-])c(OC(C)C)c1.[I-]. The van der Waals surface area contributed by atoms with Gasteiger partial charge in [-0.3, -0.25) is 10.1 Å². The van der Waals surface area contributed by atoms with Gasteiger partial charge in [-0.2, -0.15) is 0 Å². The second-order valence-corrected chi connectivity index (χ2v) is 5.20. The molecular weight excluding hydrogens is 411 g/mol. The molecule has 0 unspecified atom stereocenters. The molecule has 0 bridgehead atoms. The van der Waals surface area contributed by atoms with Crippen LogP contribution in [0.25, 0.3) is 11.1 Å². The topological polar surface area (TPSA) is 65.5 Å². The van der Waals surface area contributed by atoms with Crippen LogP contribution in [0.15, 0.2) is 36.7 Å². The first-order valence-corrected chi connectivity index (χ1v) is 6.91. The van der Waals surface area contributed by atoms with Crippen LogP contribution in [-0.4, -0.2) is 18.1 Å². The van der Waals surface area contributed by atoms with E-state index in [9.17, 15) is 10.1 Å². The van der Waals surface area contributed by atoms with Crippen molar-refractivity contribution in [3.63, 3.8) is 0 Å². The van der Waals surface area contributed by atoms with Crippen molar-refractivity contribution in [1.82, 2.24) is 0 Å². The molecule has 2 rings (SSSR count). The van der Waals surface area contributed by atoms with Crippen LogP contribution in [0.1, 0.15) is 13.8 Å². The average Bonchev–Trinajstić information content (AvgIpc) is 2.46. The number of pyridine rings is 1. The van der Waals surface area contributed by atoms with Crippen molar-refractivity contribution in [2.24, 2.45) is 7.05 Å². The van der Waals surface area contributed by atoms with Crippen LogP contribution in [0.3, 0.4) is 0 Å². The van der Waals surface area contributed by atoms with Gasteiger partial charge in [-0.1, -0.05) is 0 Å². The van der Waals surface area contributed by atoms with E-state index in [0.29, 0.717) is 5.75 Å². The fraction of sp³-hybridized carbons (Fsp3) is 0.312. The van der Waals surface area contributed by atoms with E-state index in [0.717, 1.165) is 11.1 Å². The maximum Gasteiger partial charge on any atom is 0.310 e. The van der Waals surface area contributed by atoms with Crippen molar-refractivity contribution in [3.05, 3.63) is 46.8 Å². The van der Waals surface area contributed by atoms with Gasteiger partial charge >= 0.3 is 5.69 Å². The number of rotatable bonds is 5. The number of hydrogen-bond donors (Lipinski definition) is 0. The van der Waals surface area contributed by atoms with E-state index in [1.165, 1.54) is 6.07 Å². The third kappa shape index (κ3) is 4.54. The van der Waals surface area contributed by atoms with Crippen LogP contribution in [0, 0.1) is 10.1 Å². The summed E-state index contributed by atoms with van der Waals surface area (Å²) in [5.41, 5.74) is 1.61. The second kappa shape index (κ2) is 8.09. The summed E-state index contributed by atoms with van der Waals surface area (Å²) in [5.74, 6) is 0.946. The first-order valence-electron chi connectivity index (χ1n) is 6.91. The Hall–Kier alpha value is -1.90. The lowest BCUT2D eigenvalue weighted by Gasteiger charge is -2.12. The quantitative estimate of drug-likeness (QED) is 0.288. The number of ether oxygens (including phenoxy) is 2. The normalized spacial score (nSPS) is 10.1. The average molecular weight is 430 g/mol. The van der Waals surface area contributed by atoms with E-state index in [4.69, 9.17) is 9.47 Å². The van der Waals surface area contributed by atoms with Crippen molar-refractivity contribution in [2.45, 2.75) is 20.0 Å². The standard InChI is InChI=1S/C16H19N2O4.HI/c1-11(2)22-15-9-12(5-6-14(15)18(19)20)13-7-8-17(3)10-16(13)21-4;/h5-11H,1-4H3;1H/q+1;/p-1. The first-order chi connectivity index (χ1) is 10.4. The van der Waals surface area contributed by atoms with E-state index in [1.54, 1.807) is 19.2 Å². The summed E-state index contributed by atoms with van der Waals surface area (Å²) in [6.45, 7) is 3.67. The summed E-state index contributed by atoms with van der Waals surface area (Å²) in [4.78, 5) is 10.7. The minimum Gasteiger partial charge on any atom is -1.00 e. The smallest absolute Gasteiger partial charge is 0.310 e. The highest BCUT2D eigenvalue weighted by Gasteiger charge is 2.19. The number of nitrogens with zero attached hydrogens (tertiary/aromatic N) is 2. The molecule has 0 aliphatic carbocycles. The second-order valence-electron chi connectivity index (χ2n) is 5.20. The molecule has 0 aliphatic heterocycles. The lowest BCUT2D eigenvalue weighted by atomic mass is 10.1. The number of benzene rings is 1. The van der Waals surface area contributed by atoms with Gasteiger partial charge in [-0.15, -0.1) is 0 Å². The number of methoxy groups -OCH3 is 1. The summed E-state index contributed by atoms with van der Waals surface area (Å²) in [6, 6.07) is 6.73. The predicted octanol–water partition coefficient (Wildman–Crippen LogP) is -0.114. The van der Waals surface area contributed by atoms with E-state index >= 15 is 0 Å². The summed E-state index contributed by atoms with van der Waals surface area (Å²) in [5, 5.41) is 11.1. The molecule has 0 spiro atoms. The zero-order valence-electron chi connectivity index (χ0n) is 13.4. The summed E-state index contributed by atoms with van der Waals surface area (Å²) >= 11 is 0. The summed E-state index contributed by atoms with van der Waals surface area (Å²) < 4.78 is 12.8. The molecule has 1 heterocycles. The molecule has 1 aromatic carbocycles. The lowest BCUT2D eigenvalue weighted by molar-refractivity contribution is -0.671. The van der Waals surface area contributed by atoms with Crippen molar-refractivity contribution in [2.75, 3.05) is 7.11 Å². The van der Waals surface area contributed by atoms with Gasteiger partial charge in [0.25, 0.3) is 0 Å². The number of nitro benzene ring substituents is 1. The third-order valence-electron chi connectivity index (χ3n) is 3.11. The molecule has 0 fully saturated rings. The lowest BCUT2D eigenvalue weighted by Crippen LogP contribution is -3.00. The number of aromatic nitrogens is 1. The molecule has 7 heteroatoms. The Bertz CT molecular complexity index is 704. The van der Waals surface area contributed by atoms with Gasteiger partial charge in [0.05, 0.1) is 18.1 Å². The van der Waals surface area contributed by atoms with Crippen LogP contribution in [0.4, 0.5) is 5.69 Å². The van der Waals surface area contributed by atoms with Gasteiger partial charge in [-0.25, -0.2) is 4.57 Å². The Morgan fingerprint density at radius 1 is 1.22 bits per heavy atom. The van der Waals surface area contributed by atoms with Crippen LogP contribution in [0.2, 0.25) is 0 Å². The minimum atomic E-state index is -0.441. The largest absolute Gasteiger partial charge is 1.00 e. The van der Waals surface area contributed by atoms with Crippen LogP contribution < -0.4 is 38.0 Å². The number of aryl methyl sites for hydroxylation is 1. The number of halogens is 1. The van der Waals surface area contributed by atoms with Gasteiger partial charge in [0.2, 0.25) is 6.20 Å². The third-order valence-corrected chi connectivity index (χ3v) is 3.11. The molecule has 0 saturated heterocycles. The van der Waals surface area contributed by atoms with E-state index in [2.05, 4.69) is 0 Å². The summed E-state index contributed by atoms with van der Waals surface area (Å²) in [7, 11) is 3.49. The van der Waals surface area contributed by atoms with Crippen molar-refractivity contribution >= 4 is 5.69 Å². The molecule has 0 saturated carbocycles. The molecule has 0 amide bonds. The Balaban J connectivity index is 0.00000264. The minimum absolute atomic E-state index is 0. The highest BCUT2D eigenvalue weighted by atomic mass is 127. The molecule has 0 aliphatic rings. The number of hydrogen-bond acceptors (Lipinski definition) is 4.